The molecule has 0 fully saturated rings. The van der Waals surface area contributed by atoms with Crippen molar-refractivity contribution >= 4 is 16.9 Å². The lowest BCUT2D eigenvalue weighted by Gasteiger charge is -2.19. The molecule has 1 N–H and O–H groups in total. The molecule has 1 aromatic heterocycles. The smallest absolute Gasteiger partial charge is 0.246 e. The average Bonchev–Trinajstić information content (AvgIpc) is 3.08. The van der Waals surface area contributed by atoms with E-state index in [0.29, 0.717) is 18.7 Å². The highest BCUT2D eigenvalue weighted by Gasteiger charge is 2.13. The van der Waals surface area contributed by atoms with E-state index in [0.717, 1.165) is 42.0 Å². The summed E-state index contributed by atoms with van der Waals surface area (Å²) in [5, 5.41) is 2.89. The predicted octanol–water partition coefficient (Wildman–Crippen LogP) is 5.04. The second-order valence-corrected chi connectivity index (χ2v) is 8.93. The molecule has 0 bridgehead atoms. The van der Waals surface area contributed by atoms with Crippen LogP contribution in [0.15, 0.2) is 60.7 Å². The summed E-state index contributed by atoms with van der Waals surface area (Å²) in [7, 11) is 0. The fraction of sp³-hybridized carbons (Fsp3) is 0.385. The van der Waals surface area contributed by atoms with Gasteiger partial charge >= 0.3 is 0 Å². The van der Waals surface area contributed by atoms with E-state index in [-0.39, 0.29) is 11.3 Å². The fourth-order valence-electron chi connectivity index (χ4n) is 3.47. The summed E-state index contributed by atoms with van der Waals surface area (Å²) in [5.41, 5.74) is 4.04. The Morgan fingerprint density at radius 3 is 2.52 bits per heavy atom. The summed E-state index contributed by atoms with van der Waals surface area (Å²) < 4.78 is 8.24. The fourth-order valence-corrected chi connectivity index (χ4v) is 3.47. The Hall–Kier alpha value is -3.08. The number of imidazole rings is 1. The predicted molar refractivity (Wildman–Crippen MR) is 127 cm³/mol. The number of hydrogen-bond donors (Lipinski definition) is 1. The van der Waals surface area contributed by atoms with Gasteiger partial charge in [0.05, 0.1) is 17.6 Å². The molecule has 0 saturated heterocycles. The molecule has 0 spiro atoms. The number of fused-ring (bicyclic) bond motifs is 1. The minimum atomic E-state index is -0.0978. The van der Waals surface area contributed by atoms with Crippen LogP contribution in [0.3, 0.4) is 0 Å². The molecule has 2 aromatic carbocycles. The monoisotopic (exact) mass is 419 g/mol. The second-order valence-electron chi connectivity index (χ2n) is 8.93. The van der Waals surface area contributed by atoms with E-state index in [1.807, 2.05) is 30.3 Å². The van der Waals surface area contributed by atoms with Crippen molar-refractivity contribution in [3.8, 4) is 5.75 Å². The second kappa shape index (κ2) is 9.82. The van der Waals surface area contributed by atoms with Crippen LogP contribution < -0.4 is 10.1 Å². The van der Waals surface area contributed by atoms with Gasteiger partial charge in [-0.2, -0.15) is 0 Å². The molecule has 0 atom stereocenters. The molecule has 0 aliphatic carbocycles. The zero-order valence-electron chi connectivity index (χ0n) is 19.1. The SMILES string of the molecule is C=C(C)C(=O)NCCCc1nc2ccccc2n1CCOc1ccc(C(C)(C)C)cc1. The summed E-state index contributed by atoms with van der Waals surface area (Å²) in [6.45, 7) is 13.9. The van der Waals surface area contributed by atoms with Crippen molar-refractivity contribution in [2.75, 3.05) is 13.2 Å². The van der Waals surface area contributed by atoms with E-state index in [9.17, 15) is 4.79 Å². The van der Waals surface area contributed by atoms with Gasteiger partial charge in [-0.25, -0.2) is 4.98 Å². The molecule has 164 valence electrons. The number of amides is 1. The molecule has 0 aliphatic heterocycles. The highest BCUT2D eigenvalue weighted by Crippen LogP contribution is 2.24. The first kappa shape index (κ1) is 22.6. The molecule has 3 rings (SSSR count). The van der Waals surface area contributed by atoms with Gasteiger partial charge < -0.3 is 14.6 Å². The molecule has 3 aromatic rings. The van der Waals surface area contributed by atoms with Crippen molar-refractivity contribution < 1.29 is 9.53 Å². The largest absolute Gasteiger partial charge is 0.492 e. The number of rotatable bonds is 9. The molecule has 5 heteroatoms. The minimum Gasteiger partial charge on any atom is -0.492 e. The van der Waals surface area contributed by atoms with Gasteiger partial charge in [-0.3, -0.25) is 4.79 Å². The van der Waals surface area contributed by atoms with Crippen LogP contribution in [-0.4, -0.2) is 28.6 Å². The third kappa shape index (κ3) is 5.97. The standard InChI is InChI=1S/C26H33N3O2/c1-19(2)25(30)27-16-8-11-24-28-22-9-6-7-10-23(22)29(24)17-18-31-21-14-12-20(13-15-21)26(3,4)5/h6-7,9-10,12-15H,1,8,11,16-18H2,2-5H3,(H,27,30). The number of carbonyl (C=O) groups is 1. The molecule has 0 saturated carbocycles. The lowest BCUT2D eigenvalue weighted by Crippen LogP contribution is -2.25. The van der Waals surface area contributed by atoms with Crippen molar-refractivity contribution in [1.82, 2.24) is 14.9 Å². The van der Waals surface area contributed by atoms with Crippen molar-refractivity contribution in [2.24, 2.45) is 0 Å². The number of ether oxygens (including phenoxy) is 1. The summed E-state index contributed by atoms with van der Waals surface area (Å²) in [6, 6.07) is 16.5. The van der Waals surface area contributed by atoms with Crippen molar-refractivity contribution in [3.63, 3.8) is 0 Å². The van der Waals surface area contributed by atoms with Gasteiger partial charge in [0, 0.05) is 18.5 Å². The number of aryl methyl sites for hydroxylation is 1. The zero-order valence-corrected chi connectivity index (χ0v) is 19.1. The third-order valence-electron chi connectivity index (χ3n) is 5.29. The maximum Gasteiger partial charge on any atom is 0.246 e. The van der Waals surface area contributed by atoms with Crippen LogP contribution in [0.2, 0.25) is 0 Å². The van der Waals surface area contributed by atoms with Gasteiger partial charge in [0.25, 0.3) is 0 Å². The van der Waals surface area contributed by atoms with E-state index >= 15 is 0 Å². The zero-order chi connectivity index (χ0) is 22.4. The van der Waals surface area contributed by atoms with E-state index in [4.69, 9.17) is 9.72 Å². The Balaban J connectivity index is 1.63. The number of carbonyl (C=O) groups excluding carboxylic acids is 1. The van der Waals surface area contributed by atoms with Gasteiger partial charge in [-0.1, -0.05) is 51.6 Å². The van der Waals surface area contributed by atoms with Crippen LogP contribution in [0.1, 0.15) is 45.5 Å². The number of aromatic nitrogens is 2. The van der Waals surface area contributed by atoms with Crippen molar-refractivity contribution in [1.29, 1.82) is 0 Å². The minimum absolute atomic E-state index is 0.0978. The summed E-state index contributed by atoms with van der Waals surface area (Å²) in [5.74, 6) is 1.79. The Labute approximate surface area is 185 Å². The molecule has 5 nitrogen and oxygen atoms in total. The van der Waals surface area contributed by atoms with Gasteiger partial charge in [-0.05, 0) is 48.6 Å². The van der Waals surface area contributed by atoms with Gasteiger partial charge in [-0.15, -0.1) is 0 Å². The molecule has 31 heavy (non-hydrogen) atoms. The van der Waals surface area contributed by atoms with Crippen LogP contribution in [0.25, 0.3) is 11.0 Å². The summed E-state index contributed by atoms with van der Waals surface area (Å²) in [4.78, 5) is 16.5. The number of para-hydroxylation sites is 2. The van der Waals surface area contributed by atoms with E-state index in [1.165, 1.54) is 5.56 Å². The van der Waals surface area contributed by atoms with E-state index in [1.54, 1.807) is 6.92 Å². The molecular weight excluding hydrogens is 386 g/mol. The van der Waals surface area contributed by atoms with Crippen LogP contribution in [0, 0.1) is 0 Å². The maximum absolute atomic E-state index is 11.7. The molecule has 0 radical (unpaired) electrons. The number of hydrogen-bond acceptors (Lipinski definition) is 3. The number of nitrogens with one attached hydrogen (secondary N) is 1. The number of benzene rings is 2. The van der Waals surface area contributed by atoms with E-state index in [2.05, 4.69) is 55.4 Å². The van der Waals surface area contributed by atoms with Gasteiger partial charge in [0.15, 0.2) is 0 Å². The Morgan fingerprint density at radius 2 is 1.84 bits per heavy atom. The van der Waals surface area contributed by atoms with Crippen LogP contribution in [0.4, 0.5) is 0 Å². The van der Waals surface area contributed by atoms with Crippen LogP contribution in [-0.2, 0) is 23.2 Å². The van der Waals surface area contributed by atoms with Gasteiger partial charge in [0.2, 0.25) is 5.91 Å². The normalized spacial score (nSPS) is 11.5. The number of nitrogens with zero attached hydrogens (tertiary/aromatic N) is 2. The van der Waals surface area contributed by atoms with Gasteiger partial charge in [0.1, 0.15) is 18.2 Å². The highest BCUT2D eigenvalue weighted by atomic mass is 16.5. The summed E-state index contributed by atoms with van der Waals surface area (Å²) >= 11 is 0. The van der Waals surface area contributed by atoms with Crippen molar-refractivity contribution in [3.05, 3.63) is 72.1 Å². The lowest BCUT2D eigenvalue weighted by molar-refractivity contribution is -0.117. The van der Waals surface area contributed by atoms with Crippen molar-refractivity contribution in [2.45, 2.75) is 52.5 Å². The molecule has 1 amide bonds. The Bertz CT molecular complexity index is 1040. The van der Waals surface area contributed by atoms with Crippen LogP contribution >= 0.6 is 0 Å². The summed E-state index contributed by atoms with van der Waals surface area (Å²) in [6.07, 6.45) is 1.60. The highest BCUT2D eigenvalue weighted by molar-refractivity contribution is 5.92. The quantitative estimate of drug-likeness (QED) is 0.391. The molecule has 1 heterocycles. The lowest BCUT2D eigenvalue weighted by atomic mass is 9.87. The molecule has 0 aliphatic rings. The Kier molecular flexibility index (Phi) is 7.16. The first-order valence-corrected chi connectivity index (χ1v) is 10.9. The van der Waals surface area contributed by atoms with Crippen LogP contribution in [0.5, 0.6) is 5.75 Å². The molecule has 0 unspecified atom stereocenters. The topological polar surface area (TPSA) is 56.2 Å². The molecular formula is C26H33N3O2. The third-order valence-corrected chi connectivity index (χ3v) is 5.29. The average molecular weight is 420 g/mol. The van der Waals surface area contributed by atoms with E-state index < -0.39 is 0 Å². The Morgan fingerprint density at radius 1 is 1.13 bits per heavy atom. The first-order valence-electron chi connectivity index (χ1n) is 10.9. The maximum atomic E-state index is 11.7. The first-order chi connectivity index (χ1) is 14.8.